The summed E-state index contributed by atoms with van der Waals surface area (Å²) in [5.41, 5.74) is 1.29. The summed E-state index contributed by atoms with van der Waals surface area (Å²) in [5.74, 6) is -0.724. The molecule has 2 aliphatic heterocycles. The highest BCUT2D eigenvalue weighted by atomic mass is 32.2. The Kier molecular flexibility index (Phi) is 2.91. The molecule has 2 aromatic rings. The number of aromatic nitrogens is 3. The molecule has 22 heavy (non-hydrogen) atoms. The fourth-order valence-corrected chi connectivity index (χ4v) is 4.00. The number of nitrogens with zero attached hydrogens (tertiary/aromatic N) is 3. The van der Waals surface area contributed by atoms with Gasteiger partial charge in [0.05, 0.1) is 17.5 Å². The summed E-state index contributed by atoms with van der Waals surface area (Å²) in [7, 11) is 0. The molecule has 1 fully saturated rings. The van der Waals surface area contributed by atoms with Crippen LogP contribution in [0.4, 0.5) is 0 Å². The summed E-state index contributed by atoms with van der Waals surface area (Å²) in [6.07, 6.45) is 5.03. The van der Waals surface area contributed by atoms with Gasteiger partial charge in [0.2, 0.25) is 0 Å². The number of hydrogen-bond donors (Lipinski definition) is 2. The summed E-state index contributed by atoms with van der Waals surface area (Å²) in [6, 6.07) is 0. The number of rotatable bonds is 3. The molecule has 4 heterocycles. The number of carbonyl (C=O) groups excluding carboxylic acids is 1. The molecule has 2 aromatic heterocycles. The SMILES string of the molecule is O=C(O)C1=CSC2/C(=C\c3cnc(-c4nccs4)[nH]3)C(=O)N12. The number of imidazole rings is 1. The molecular formula is C13H8N4O3S2. The third-order valence-corrected chi connectivity index (χ3v) is 5.16. The molecule has 2 aliphatic rings. The highest BCUT2D eigenvalue weighted by Crippen LogP contribution is 2.45. The van der Waals surface area contributed by atoms with E-state index >= 15 is 0 Å². The average Bonchev–Trinajstić information content (AvgIpc) is 3.22. The van der Waals surface area contributed by atoms with E-state index in [0.717, 1.165) is 5.01 Å². The maximum atomic E-state index is 12.1. The summed E-state index contributed by atoms with van der Waals surface area (Å²) in [6.45, 7) is 0. The fraction of sp³-hybridized carbons (Fsp3) is 0.0769. The van der Waals surface area contributed by atoms with Crippen molar-refractivity contribution in [2.45, 2.75) is 5.37 Å². The molecule has 0 aromatic carbocycles. The molecule has 0 spiro atoms. The zero-order valence-electron chi connectivity index (χ0n) is 10.9. The highest BCUT2D eigenvalue weighted by Gasteiger charge is 2.49. The number of thiazole rings is 1. The standard InChI is InChI=1S/C13H8N4O3S2/c18-11-7(12-17(11)8(5-22-12)13(19)20)3-6-4-15-9(16-6)10-14-1-2-21-10/h1-5,12H,(H,15,16)(H,19,20)/b7-3-. The quantitative estimate of drug-likeness (QED) is 0.656. The van der Waals surface area contributed by atoms with E-state index in [0.29, 0.717) is 17.1 Å². The molecule has 1 amide bonds. The maximum Gasteiger partial charge on any atom is 0.353 e. The number of carboxylic acids is 1. The minimum absolute atomic E-state index is 0.0326. The van der Waals surface area contributed by atoms with Gasteiger partial charge in [0.1, 0.15) is 11.1 Å². The first-order valence-corrected chi connectivity index (χ1v) is 8.06. The van der Waals surface area contributed by atoms with Crippen LogP contribution >= 0.6 is 23.1 Å². The van der Waals surface area contributed by atoms with Crippen molar-refractivity contribution in [2.75, 3.05) is 0 Å². The van der Waals surface area contributed by atoms with Gasteiger partial charge in [-0.3, -0.25) is 9.69 Å². The number of carbonyl (C=O) groups is 2. The Hall–Kier alpha value is -2.39. The van der Waals surface area contributed by atoms with Crippen molar-refractivity contribution >= 4 is 41.1 Å². The molecule has 2 N–H and O–H groups in total. The second-order valence-corrected chi connectivity index (χ2v) is 6.44. The molecule has 0 bridgehead atoms. The zero-order chi connectivity index (χ0) is 15.3. The number of fused-ring (bicyclic) bond motifs is 1. The van der Waals surface area contributed by atoms with Gasteiger partial charge in [0.25, 0.3) is 5.91 Å². The number of amides is 1. The molecule has 1 atom stereocenters. The molecule has 9 heteroatoms. The maximum absolute atomic E-state index is 12.1. The van der Waals surface area contributed by atoms with Gasteiger partial charge in [-0.15, -0.1) is 23.1 Å². The molecule has 0 radical (unpaired) electrons. The second-order valence-electron chi connectivity index (χ2n) is 4.60. The van der Waals surface area contributed by atoms with Crippen LogP contribution in [0.25, 0.3) is 16.9 Å². The lowest BCUT2D eigenvalue weighted by atomic mass is 10.0. The van der Waals surface area contributed by atoms with Gasteiger partial charge < -0.3 is 10.1 Å². The molecule has 1 saturated heterocycles. The van der Waals surface area contributed by atoms with Gasteiger partial charge in [-0.05, 0) is 6.08 Å². The highest BCUT2D eigenvalue weighted by molar-refractivity contribution is 8.03. The van der Waals surface area contributed by atoms with Crippen molar-refractivity contribution in [2.24, 2.45) is 0 Å². The lowest BCUT2D eigenvalue weighted by Crippen LogP contribution is -2.51. The van der Waals surface area contributed by atoms with Gasteiger partial charge >= 0.3 is 5.97 Å². The Balaban J connectivity index is 1.58. The first-order valence-electron chi connectivity index (χ1n) is 6.24. The van der Waals surface area contributed by atoms with Crippen molar-refractivity contribution in [3.05, 3.63) is 40.1 Å². The van der Waals surface area contributed by atoms with Crippen LogP contribution in [-0.2, 0) is 9.59 Å². The minimum Gasteiger partial charge on any atom is -0.477 e. The van der Waals surface area contributed by atoms with Crippen LogP contribution in [0, 0.1) is 0 Å². The third-order valence-electron chi connectivity index (χ3n) is 3.29. The first-order chi connectivity index (χ1) is 10.6. The number of H-pyrrole nitrogens is 1. The minimum atomic E-state index is -1.09. The predicted octanol–water partition coefficient (Wildman–Crippen LogP) is 1.76. The number of hydrogen-bond acceptors (Lipinski definition) is 6. The van der Waals surface area contributed by atoms with Gasteiger partial charge in [0, 0.05) is 17.0 Å². The number of aliphatic carboxylic acids is 1. The Bertz CT molecular complexity index is 837. The van der Waals surface area contributed by atoms with Gasteiger partial charge in [-0.1, -0.05) is 0 Å². The van der Waals surface area contributed by atoms with E-state index < -0.39 is 5.97 Å². The van der Waals surface area contributed by atoms with Crippen LogP contribution in [0.2, 0.25) is 0 Å². The molecule has 1 unspecified atom stereocenters. The summed E-state index contributed by atoms with van der Waals surface area (Å²) >= 11 is 2.78. The molecule has 0 saturated carbocycles. The molecular weight excluding hydrogens is 324 g/mol. The van der Waals surface area contributed by atoms with Crippen molar-refractivity contribution < 1.29 is 14.7 Å². The molecule has 110 valence electrons. The fourth-order valence-electron chi connectivity index (χ4n) is 2.29. The first kappa shape index (κ1) is 13.3. The Morgan fingerprint density at radius 1 is 1.45 bits per heavy atom. The van der Waals surface area contributed by atoms with Crippen LogP contribution < -0.4 is 0 Å². The number of carboxylic acid groups (broad SMARTS) is 1. The summed E-state index contributed by atoms with van der Waals surface area (Å²) < 4.78 is 0. The molecule has 7 nitrogen and oxygen atoms in total. The lowest BCUT2D eigenvalue weighted by molar-refractivity contribution is -0.141. The Morgan fingerprint density at radius 3 is 3.05 bits per heavy atom. The Labute approximate surface area is 132 Å². The zero-order valence-corrected chi connectivity index (χ0v) is 12.5. The number of β-lactam (4-membered cyclic amide) rings is 1. The lowest BCUT2D eigenvalue weighted by Gasteiger charge is -2.37. The van der Waals surface area contributed by atoms with E-state index in [2.05, 4.69) is 15.0 Å². The topological polar surface area (TPSA) is 99.2 Å². The van der Waals surface area contributed by atoms with Gasteiger partial charge in [-0.2, -0.15) is 0 Å². The third kappa shape index (κ3) is 1.90. The van der Waals surface area contributed by atoms with Gasteiger partial charge in [0.15, 0.2) is 10.8 Å². The predicted molar refractivity (Wildman–Crippen MR) is 81.6 cm³/mol. The van der Waals surface area contributed by atoms with E-state index in [4.69, 9.17) is 5.11 Å². The smallest absolute Gasteiger partial charge is 0.353 e. The summed E-state index contributed by atoms with van der Waals surface area (Å²) in [5, 5.41) is 12.9. The van der Waals surface area contributed by atoms with E-state index in [1.807, 2.05) is 5.38 Å². The number of thioether (sulfide) groups is 1. The van der Waals surface area contributed by atoms with E-state index in [-0.39, 0.29) is 17.0 Å². The van der Waals surface area contributed by atoms with Crippen LogP contribution in [0.1, 0.15) is 5.69 Å². The number of aromatic amines is 1. The van der Waals surface area contributed by atoms with Crippen LogP contribution in [0.5, 0.6) is 0 Å². The molecule has 0 aliphatic carbocycles. The second kappa shape index (κ2) is 4.82. The average molecular weight is 332 g/mol. The molecule has 4 rings (SSSR count). The van der Waals surface area contributed by atoms with Gasteiger partial charge in [-0.25, -0.2) is 14.8 Å². The number of nitrogens with one attached hydrogen (secondary N) is 1. The van der Waals surface area contributed by atoms with Crippen LogP contribution in [-0.4, -0.2) is 42.2 Å². The van der Waals surface area contributed by atoms with Crippen LogP contribution in [0.3, 0.4) is 0 Å². The van der Waals surface area contributed by atoms with Crippen molar-refractivity contribution in [1.29, 1.82) is 0 Å². The van der Waals surface area contributed by atoms with E-state index in [9.17, 15) is 9.59 Å². The van der Waals surface area contributed by atoms with Crippen molar-refractivity contribution in [1.82, 2.24) is 19.9 Å². The monoisotopic (exact) mass is 332 g/mol. The largest absolute Gasteiger partial charge is 0.477 e. The van der Waals surface area contributed by atoms with Crippen molar-refractivity contribution in [3.63, 3.8) is 0 Å². The summed E-state index contributed by atoms with van der Waals surface area (Å²) in [4.78, 5) is 35.9. The Morgan fingerprint density at radius 2 is 2.32 bits per heavy atom. The van der Waals surface area contributed by atoms with Crippen molar-refractivity contribution in [3.8, 4) is 10.8 Å². The van der Waals surface area contributed by atoms with E-state index in [1.165, 1.54) is 33.4 Å². The normalized spacial score (nSPS) is 21.7. The van der Waals surface area contributed by atoms with E-state index in [1.54, 1.807) is 18.5 Å². The van der Waals surface area contributed by atoms with Crippen LogP contribution in [0.15, 0.2) is 34.5 Å².